The summed E-state index contributed by atoms with van der Waals surface area (Å²) in [7, 11) is 3.38. The zero-order chi connectivity index (χ0) is 30.4. The average Bonchev–Trinajstić information content (AvgIpc) is 3.40. The Morgan fingerprint density at radius 3 is 2.57 bits per heavy atom. The Hall–Kier alpha value is -3.47. The SMILES string of the molecule is CN[C@@H](C)C(=O)N[C@H]1CCCC[C@H]2CC[C@@H](C(=O)NCc3cccc(C(=O)N(C)CC4CCC(C)C(=O)O4)c3)N2C1=O. The van der Waals surface area contributed by atoms with Crippen molar-refractivity contribution in [3.8, 4) is 0 Å². The van der Waals surface area contributed by atoms with Gasteiger partial charge in [0.25, 0.3) is 5.91 Å². The van der Waals surface area contributed by atoms with Crippen LogP contribution in [0.4, 0.5) is 0 Å². The molecule has 42 heavy (non-hydrogen) atoms. The molecule has 230 valence electrons. The molecule has 1 aromatic carbocycles. The third kappa shape index (κ3) is 7.48. The van der Waals surface area contributed by atoms with Crippen molar-refractivity contribution in [3.63, 3.8) is 0 Å². The maximum atomic E-state index is 13.6. The highest BCUT2D eigenvalue weighted by atomic mass is 16.5. The first-order chi connectivity index (χ1) is 20.1. The van der Waals surface area contributed by atoms with E-state index in [1.54, 1.807) is 49.0 Å². The number of esters is 1. The Kier molecular flexibility index (Phi) is 10.6. The fourth-order valence-electron chi connectivity index (χ4n) is 6.10. The van der Waals surface area contributed by atoms with Gasteiger partial charge in [0, 0.05) is 25.2 Å². The number of nitrogens with zero attached hydrogens (tertiary/aromatic N) is 2. The van der Waals surface area contributed by atoms with Crippen LogP contribution in [0.25, 0.3) is 0 Å². The summed E-state index contributed by atoms with van der Waals surface area (Å²) in [4.78, 5) is 67.8. The molecule has 3 aliphatic heterocycles. The largest absolute Gasteiger partial charge is 0.460 e. The molecule has 0 saturated carbocycles. The van der Waals surface area contributed by atoms with Crippen LogP contribution in [-0.2, 0) is 30.5 Å². The Balaban J connectivity index is 1.36. The Morgan fingerprint density at radius 2 is 1.83 bits per heavy atom. The van der Waals surface area contributed by atoms with E-state index in [4.69, 9.17) is 4.74 Å². The molecule has 11 heteroatoms. The first-order valence-corrected chi connectivity index (χ1v) is 15.2. The van der Waals surface area contributed by atoms with E-state index < -0.39 is 18.1 Å². The lowest BCUT2D eigenvalue weighted by atomic mass is 9.98. The summed E-state index contributed by atoms with van der Waals surface area (Å²) in [5, 5.41) is 8.76. The number of amides is 4. The summed E-state index contributed by atoms with van der Waals surface area (Å²) in [6.45, 7) is 4.12. The van der Waals surface area contributed by atoms with Crippen LogP contribution in [0.2, 0.25) is 0 Å². The highest BCUT2D eigenvalue weighted by Crippen LogP contribution is 2.31. The molecule has 0 radical (unpaired) electrons. The van der Waals surface area contributed by atoms with Crippen molar-refractivity contribution in [1.29, 1.82) is 0 Å². The number of cyclic esters (lactones) is 1. The fourth-order valence-corrected chi connectivity index (χ4v) is 6.10. The van der Waals surface area contributed by atoms with Crippen molar-refractivity contribution < 1.29 is 28.7 Å². The molecule has 11 nitrogen and oxygen atoms in total. The van der Waals surface area contributed by atoms with Gasteiger partial charge in [-0.05, 0) is 70.2 Å². The molecule has 3 heterocycles. The molecule has 1 aromatic rings. The van der Waals surface area contributed by atoms with E-state index in [0.717, 1.165) is 44.1 Å². The van der Waals surface area contributed by atoms with Crippen molar-refractivity contribution in [2.45, 2.75) is 102 Å². The van der Waals surface area contributed by atoms with Gasteiger partial charge in [-0.2, -0.15) is 0 Å². The minimum atomic E-state index is -0.648. The molecule has 0 aliphatic carbocycles. The predicted octanol–water partition coefficient (Wildman–Crippen LogP) is 1.74. The van der Waals surface area contributed by atoms with Crippen LogP contribution in [0, 0.1) is 5.92 Å². The predicted molar refractivity (Wildman–Crippen MR) is 156 cm³/mol. The van der Waals surface area contributed by atoms with E-state index in [0.29, 0.717) is 24.9 Å². The van der Waals surface area contributed by atoms with Gasteiger partial charge in [-0.15, -0.1) is 0 Å². The molecule has 0 aromatic heterocycles. The molecule has 2 unspecified atom stereocenters. The zero-order valence-electron chi connectivity index (χ0n) is 25.2. The van der Waals surface area contributed by atoms with Gasteiger partial charge in [-0.25, -0.2) is 0 Å². The van der Waals surface area contributed by atoms with Crippen molar-refractivity contribution >= 4 is 29.6 Å². The molecule has 0 spiro atoms. The number of hydrogen-bond acceptors (Lipinski definition) is 7. The standard InChI is InChI=1S/C31H45N5O6/c1-19-12-14-24(42-31(19)41)18-35(4)29(39)22-9-7-8-21(16-22)17-33-28(38)26-15-13-23-10-5-6-11-25(30(40)36(23)26)34-27(37)20(2)32-3/h7-9,16,19-20,23-26,32H,5-6,10-15,17-18H2,1-4H3,(H,33,38)(H,34,37)/t19?,20-,23-,24?,25-,26-/m0/s1. The smallest absolute Gasteiger partial charge is 0.308 e. The summed E-state index contributed by atoms with van der Waals surface area (Å²) in [6.07, 6.45) is 5.67. The van der Waals surface area contributed by atoms with Crippen molar-refractivity contribution in [2.75, 3.05) is 20.6 Å². The number of fused-ring (bicyclic) bond motifs is 1. The second-order valence-electron chi connectivity index (χ2n) is 12.0. The number of hydrogen-bond donors (Lipinski definition) is 3. The van der Waals surface area contributed by atoms with Crippen LogP contribution in [0.1, 0.15) is 81.1 Å². The third-order valence-electron chi connectivity index (χ3n) is 8.85. The van der Waals surface area contributed by atoms with Gasteiger partial charge in [0.2, 0.25) is 17.7 Å². The molecular weight excluding hydrogens is 538 g/mol. The topological polar surface area (TPSA) is 137 Å². The third-order valence-corrected chi connectivity index (χ3v) is 8.85. The number of likely N-dealkylation sites (N-methyl/N-ethyl adjacent to an activating group) is 2. The number of nitrogens with one attached hydrogen (secondary N) is 3. The van der Waals surface area contributed by atoms with E-state index >= 15 is 0 Å². The molecule has 3 saturated heterocycles. The van der Waals surface area contributed by atoms with Crippen LogP contribution >= 0.6 is 0 Å². The lowest BCUT2D eigenvalue weighted by Gasteiger charge is -2.35. The molecule has 3 N–H and O–H groups in total. The Bertz CT molecular complexity index is 1170. The van der Waals surface area contributed by atoms with Gasteiger partial charge < -0.3 is 30.5 Å². The van der Waals surface area contributed by atoms with Crippen molar-refractivity contribution in [3.05, 3.63) is 35.4 Å². The second-order valence-corrected chi connectivity index (χ2v) is 12.0. The van der Waals surface area contributed by atoms with E-state index in [-0.39, 0.29) is 54.2 Å². The van der Waals surface area contributed by atoms with Gasteiger partial charge in [-0.3, -0.25) is 24.0 Å². The summed E-state index contributed by atoms with van der Waals surface area (Å²) >= 11 is 0. The normalized spacial score (nSPS) is 26.8. The number of carbonyl (C=O) groups excluding carboxylic acids is 5. The van der Waals surface area contributed by atoms with Crippen LogP contribution in [-0.4, -0.2) is 90.3 Å². The van der Waals surface area contributed by atoms with Gasteiger partial charge in [0.1, 0.15) is 18.2 Å². The Labute approximate surface area is 248 Å². The van der Waals surface area contributed by atoms with Crippen molar-refractivity contribution in [2.24, 2.45) is 5.92 Å². The lowest BCUT2D eigenvalue weighted by Crippen LogP contribution is -2.57. The molecule has 4 rings (SSSR count). The zero-order valence-corrected chi connectivity index (χ0v) is 25.2. The molecule has 6 atom stereocenters. The summed E-state index contributed by atoms with van der Waals surface area (Å²) < 4.78 is 5.46. The average molecular weight is 584 g/mol. The van der Waals surface area contributed by atoms with Gasteiger partial charge in [0.15, 0.2) is 0 Å². The highest BCUT2D eigenvalue weighted by Gasteiger charge is 2.44. The van der Waals surface area contributed by atoms with E-state index in [9.17, 15) is 24.0 Å². The molecule has 0 bridgehead atoms. The van der Waals surface area contributed by atoms with Crippen LogP contribution < -0.4 is 16.0 Å². The quantitative estimate of drug-likeness (QED) is 0.377. The molecule has 4 amide bonds. The van der Waals surface area contributed by atoms with Crippen molar-refractivity contribution in [1.82, 2.24) is 25.8 Å². The minimum absolute atomic E-state index is 0.0159. The number of carbonyl (C=O) groups is 5. The van der Waals surface area contributed by atoms with Gasteiger partial charge in [0.05, 0.1) is 18.5 Å². The maximum absolute atomic E-state index is 13.6. The fraction of sp³-hybridized carbons (Fsp3) is 0.645. The van der Waals surface area contributed by atoms with Gasteiger partial charge in [-0.1, -0.05) is 31.9 Å². The van der Waals surface area contributed by atoms with Crippen LogP contribution in [0.3, 0.4) is 0 Å². The maximum Gasteiger partial charge on any atom is 0.308 e. The van der Waals surface area contributed by atoms with Crippen LogP contribution in [0.15, 0.2) is 24.3 Å². The molecule has 3 fully saturated rings. The Morgan fingerprint density at radius 1 is 1.07 bits per heavy atom. The second kappa shape index (κ2) is 14.1. The highest BCUT2D eigenvalue weighted by molar-refractivity contribution is 5.95. The summed E-state index contributed by atoms with van der Waals surface area (Å²) in [5.74, 6) is -1.18. The molecule has 3 aliphatic rings. The van der Waals surface area contributed by atoms with Gasteiger partial charge >= 0.3 is 5.97 Å². The first kappa shape index (κ1) is 31.5. The summed E-state index contributed by atoms with van der Waals surface area (Å²) in [6, 6.07) is 5.41. The number of ether oxygens (including phenoxy) is 1. The number of rotatable bonds is 9. The first-order valence-electron chi connectivity index (χ1n) is 15.2. The lowest BCUT2D eigenvalue weighted by molar-refractivity contribution is -0.160. The minimum Gasteiger partial charge on any atom is -0.460 e. The molecular formula is C31H45N5O6. The van der Waals surface area contributed by atoms with E-state index in [1.165, 1.54) is 0 Å². The van der Waals surface area contributed by atoms with E-state index in [1.807, 2.05) is 13.0 Å². The summed E-state index contributed by atoms with van der Waals surface area (Å²) in [5.41, 5.74) is 1.24. The number of benzene rings is 1. The van der Waals surface area contributed by atoms with Crippen LogP contribution in [0.5, 0.6) is 0 Å². The van der Waals surface area contributed by atoms with E-state index in [2.05, 4.69) is 16.0 Å². The monoisotopic (exact) mass is 583 g/mol.